The van der Waals surface area contributed by atoms with Crippen molar-refractivity contribution in [1.82, 2.24) is 0 Å². The van der Waals surface area contributed by atoms with E-state index in [1.807, 2.05) is 0 Å². The minimum atomic E-state index is -1.49. The van der Waals surface area contributed by atoms with Gasteiger partial charge >= 0.3 is 71.4 Å². The normalized spacial score (nSPS) is 8.64. The van der Waals surface area contributed by atoms with Gasteiger partial charge < -0.3 is 0 Å². The Labute approximate surface area is 108 Å². The predicted octanol–water partition coefficient (Wildman–Crippen LogP) is 3.12. The first kappa shape index (κ1) is 23.2. The minimum absolute atomic E-state index is 0. The van der Waals surface area contributed by atoms with Gasteiger partial charge in [-0.3, -0.25) is 0 Å². The average molecular weight is 432 g/mol. The molecule has 0 bridgehead atoms. The summed E-state index contributed by atoms with van der Waals surface area (Å²) in [4.78, 5) is 0. The SMILES string of the molecule is Cl.Cl.Cl.OC(Cl)(Cl)CC[CH2][Ta]. The Bertz CT molecular complexity index is 66.0. The molecule has 1 nitrogen and oxygen atoms in total. The van der Waals surface area contributed by atoms with Crippen molar-refractivity contribution in [3.63, 3.8) is 0 Å². The van der Waals surface area contributed by atoms with E-state index in [4.69, 9.17) is 28.3 Å². The van der Waals surface area contributed by atoms with Crippen molar-refractivity contribution in [1.29, 1.82) is 0 Å². The number of hydrogen-bond acceptors (Lipinski definition) is 1. The van der Waals surface area contributed by atoms with Crippen molar-refractivity contribution >= 4 is 60.4 Å². The van der Waals surface area contributed by atoms with Gasteiger partial charge in [0.1, 0.15) is 0 Å². The van der Waals surface area contributed by atoms with Crippen LogP contribution >= 0.6 is 60.4 Å². The van der Waals surface area contributed by atoms with Crippen LogP contribution in [-0.4, -0.2) is 9.63 Å². The van der Waals surface area contributed by atoms with Crippen LogP contribution in [0.2, 0.25) is 4.64 Å². The van der Waals surface area contributed by atoms with Crippen LogP contribution in [-0.2, 0) is 21.1 Å². The summed E-state index contributed by atoms with van der Waals surface area (Å²) in [7, 11) is 0. The molecule has 0 rings (SSSR count). The Morgan fingerprint density at radius 3 is 1.64 bits per heavy atom. The quantitative estimate of drug-likeness (QED) is 0.680. The van der Waals surface area contributed by atoms with Crippen LogP contribution in [0.3, 0.4) is 0 Å². The van der Waals surface area contributed by atoms with Crippen molar-refractivity contribution in [2.45, 2.75) is 22.0 Å². The zero-order valence-electron chi connectivity index (χ0n) is 5.50. The fourth-order valence-electron chi connectivity index (χ4n) is 0.292. The molecule has 0 aliphatic rings. The van der Waals surface area contributed by atoms with E-state index in [0.717, 1.165) is 11.1 Å². The number of alkyl halides is 2. The second-order valence-corrected chi connectivity index (χ2v) is 4.54. The van der Waals surface area contributed by atoms with Crippen molar-refractivity contribution < 1.29 is 26.2 Å². The van der Waals surface area contributed by atoms with Crippen LogP contribution in [0.25, 0.3) is 0 Å². The van der Waals surface area contributed by atoms with Crippen molar-refractivity contribution in [2.75, 3.05) is 0 Å². The van der Waals surface area contributed by atoms with E-state index in [2.05, 4.69) is 0 Å². The van der Waals surface area contributed by atoms with E-state index >= 15 is 0 Å². The standard InChI is InChI=1S/C4H7Cl2O.3ClH.Ta/c1-2-3-4(5,6)7;;;;/h7H,1-3H2;3*1H;. The molecule has 11 heavy (non-hydrogen) atoms. The molecule has 0 saturated heterocycles. The van der Waals surface area contributed by atoms with Gasteiger partial charge in [-0.05, 0) is 0 Å². The molecule has 0 radical (unpaired) electrons. The van der Waals surface area contributed by atoms with Crippen molar-refractivity contribution in [2.24, 2.45) is 0 Å². The fraction of sp³-hybridized carbons (Fsp3) is 1.00. The Morgan fingerprint density at radius 1 is 1.18 bits per heavy atom. The number of hydrogen-bond donors (Lipinski definition) is 1. The third-order valence-electron chi connectivity index (χ3n) is 0.636. The summed E-state index contributed by atoms with van der Waals surface area (Å²) in [5.41, 5.74) is 0. The Hall–Kier alpha value is 2.15. The Balaban J connectivity index is -0.0000000817. The van der Waals surface area contributed by atoms with Gasteiger partial charge in [0.05, 0.1) is 0 Å². The molecule has 7 heteroatoms. The first-order valence-corrected chi connectivity index (χ1v) is 5.30. The molecule has 0 aliphatic heterocycles. The first-order chi connectivity index (χ1) is 3.56. The summed E-state index contributed by atoms with van der Waals surface area (Å²) >= 11 is 11.8. The van der Waals surface area contributed by atoms with E-state index in [-0.39, 0.29) is 37.2 Å². The van der Waals surface area contributed by atoms with Crippen LogP contribution in [0.1, 0.15) is 12.8 Å². The zero-order valence-corrected chi connectivity index (χ0v) is 12.7. The topological polar surface area (TPSA) is 20.2 Å². The monoisotopic (exact) mass is 430 g/mol. The molecule has 0 atom stereocenters. The van der Waals surface area contributed by atoms with Gasteiger partial charge in [0.2, 0.25) is 0 Å². The van der Waals surface area contributed by atoms with Gasteiger partial charge in [-0.2, -0.15) is 0 Å². The molecular weight excluding hydrogens is 422 g/mol. The van der Waals surface area contributed by atoms with E-state index in [1.54, 1.807) is 0 Å². The first-order valence-electron chi connectivity index (χ1n) is 2.27. The number of halogens is 5. The molecule has 0 unspecified atom stereocenters. The molecule has 0 aromatic carbocycles. The van der Waals surface area contributed by atoms with Crippen LogP contribution in [0.15, 0.2) is 0 Å². The molecule has 0 fully saturated rings. The van der Waals surface area contributed by atoms with E-state index < -0.39 is 4.52 Å². The van der Waals surface area contributed by atoms with Crippen LogP contribution in [0, 0.1) is 0 Å². The summed E-state index contributed by atoms with van der Waals surface area (Å²) in [6.45, 7) is 0. The van der Waals surface area contributed by atoms with E-state index in [9.17, 15) is 0 Å². The van der Waals surface area contributed by atoms with Crippen molar-refractivity contribution in [3.8, 4) is 0 Å². The summed E-state index contributed by atoms with van der Waals surface area (Å²) in [5, 5.41) is 8.69. The maximum absolute atomic E-state index is 8.69. The number of aliphatic hydroxyl groups is 1. The Kier molecular flexibility index (Phi) is 25.6. The second kappa shape index (κ2) is 12.2. The molecular formula is C4H10Cl5OTa. The maximum atomic E-state index is 8.69. The Morgan fingerprint density at radius 2 is 1.55 bits per heavy atom. The van der Waals surface area contributed by atoms with Gasteiger partial charge in [0.25, 0.3) is 0 Å². The van der Waals surface area contributed by atoms with Gasteiger partial charge in [-0.25, -0.2) is 0 Å². The van der Waals surface area contributed by atoms with Crippen LogP contribution in [0.5, 0.6) is 0 Å². The second-order valence-electron chi connectivity index (χ2n) is 1.49. The third-order valence-corrected chi connectivity index (χ3v) is 2.15. The summed E-state index contributed by atoms with van der Waals surface area (Å²) < 4.78 is -0.373. The molecule has 1 N–H and O–H groups in total. The molecule has 0 spiro atoms. The zero-order chi connectivity index (χ0) is 6.62. The van der Waals surface area contributed by atoms with E-state index in [1.165, 1.54) is 21.1 Å². The summed E-state index contributed by atoms with van der Waals surface area (Å²) in [6.07, 6.45) is 1.39. The van der Waals surface area contributed by atoms with Crippen LogP contribution < -0.4 is 0 Å². The third kappa shape index (κ3) is 24.5. The fourth-order valence-corrected chi connectivity index (χ4v) is 1.13. The molecule has 0 amide bonds. The average Bonchev–Trinajstić information content (AvgIpc) is 1.59. The molecule has 0 aromatic rings. The molecule has 72 valence electrons. The molecule has 0 aliphatic carbocycles. The predicted molar refractivity (Wildman–Crippen MR) is 52.4 cm³/mol. The van der Waals surface area contributed by atoms with Gasteiger partial charge in [-0.1, -0.05) is 0 Å². The molecule has 0 heterocycles. The van der Waals surface area contributed by atoms with Gasteiger partial charge in [0.15, 0.2) is 0 Å². The summed E-state index contributed by atoms with van der Waals surface area (Å²) in [5.74, 6) is 0. The number of rotatable bonds is 3. The van der Waals surface area contributed by atoms with Gasteiger partial charge in [0, 0.05) is 0 Å². The van der Waals surface area contributed by atoms with E-state index in [0.29, 0.717) is 6.42 Å². The van der Waals surface area contributed by atoms with Gasteiger partial charge in [-0.15, -0.1) is 37.2 Å². The summed E-state index contributed by atoms with van der Waals surface area (Å²) in [6, 6.07) is 0. The van der Waals surface area contributed by atoms with Crippen molar-refractivity contribution in [3.05, 3.63) is 0 Å². The molecule has 0 saturated carbocycles. The van der Waals surface area contributed by atoms with Crippen LogP contribution in [0.4, 0.5) is 0 Å². The molecule has 0 aromatic heterocycles.